The van der Waals surface area contributed by atoms with Gasteiger partial charge in [0.15, 0.2) is 5.96 Å². The summed E-state index contributed by atoms with van der Waals surface area (Å²) in [5, 5.41) is 7.98. The van der Waals surface area contributed by atoms with E-state index in [0.29, 0.717) is 46.9 Å². The van der Waals surface area contributed by atoms with Crippen molar-refractivity contribution in [2.75, 3.05) is 18.4 Å². The van der Waals surface area contributed by atoms with Gasteiger partial charge in [-0.25, -0.2) is 9.98 Å². The van der Waals surface area contributed by atoms with Crippen LogP contribution in [0.2, 0.25) is 0 Å². The maximum Gasteiger partial charge on any atom is 0.261 e. The van der Waals surface area contributed by atoms with Crippen LogP contribution in [0, 0.1) is 23.2 Å². The number of guanidine groups is 1. The fourth-order valence-electron chi connectivity index (χ4n) is 7.56. The van der Waals surface area contributed by atoms with Gasteiger partial charge >= 0.3 is 0 Å². The summed E-state index contributed by atoms with van der Waals surface area (Å²) >= 11 is 0. The molecule has 7 heteroatoms. The lowest BCUT2D eigenvalue weighted by atomic mass is 9.45. The van der Waals surface area contributed by atoms with Gasteiger partial charge in [0.05, 0.1) is 23.3 Å². The van der Waals surface area contributed by atoms with Crippen molar-refractivity contribution in [1.82, 2.24) is 19.8 Å². The van der Waals surface area contributed by atoms with Crippen molar-refractivity contribution >= 4 is 22.5 Å². The third-order valence-corrected chi connectivity index (χ3v) is 10.0. The van der Waals surface area contributed by atoms with Gasteiger partial charge in [0.2, 0.25) is 0 Å². The Balaban J connectivity index is 1.25. The van der Waals surface area contributed by atoms with E-state index in [1.807, 2.05) is 36.4 Å². The molecule has 212 valence electrons. The molecule has 6 atom stereocenters. The fourth-order valence-corrected chi connectivity index (χ4v) is 7.56. The van der Waals surface area contributed by atoms with Gasteiger partial charge in [0.1, 0.15) is 0 Å². The van der Waals surface area contributed by atoms with E-state index >= 15 is 0 Å². The van der Waals surface area contributed by atoms with Gasteiger partial charge in [0, 0.05) is 37.4 Å². The Kier molecular flexibility index (Phi) is 7.19. The van der Waals surface area contributed by atoms with Crippen molar-refractivity contribution in [2.45, 2.75) is 78.6 Å². The molecule has 40 heavy (non-hydrogen) atoms. The molecule has 2 heterocycles. The number of aryl methyl sites for hydroxylation is 2. The molecule has 1 saturated heterocycles. The average molecular weight is 541 g/mol. The summed E-state index contributed by atoms with van der Waals surface area (Å²) in [7, 11) is 0. The molecule has 2 N–H and O–H groups in total. The van der Waals surface area contributed by atoms with Crippen LogP contribution < -0.4 is 16.2 Å². The number of anilines is 1. The van der Waals surface area contributed by atoms with Crippen LogP contribution in [0.3, 0.4) is 0 Å². The third-order valence-electron chi connectivity index (χ3n) is 10.0. The van der Waals surface area contributed by atoms with Crippen molar-refractivity contribution in [2.24, 2.45) is 28.2 Å². The van der Waals surface area contributed by atoms with Gasteiger partial charge in [-0.15, -0.1) is 0 Å². The molecule has 7 nitrogen and oxygen atoms in total. The molecule has 1 aliphatic heterocycles. The minimum Gasteiger partial charge on any atom is -0.340 e. The summed E-state index contributed by atoms with van der Waals surface area (Å²) in [6, 6.07) is 17.3. The predicted molar refractivity (Wildman–Crippen MR) is 164 cm³/mol. The second-order valence-corrected chi connectivity index (χ2v) is 13.2. The lowest BCUT2D eigenvalue weighted by molar-refractivity contribution is -0.108. The fraction of sp³-hybridized carbons (Fsp3) is 0.545. The SMILES string of the molecule is C[C@@H]1[C@@H](/N=C(/Nc2ccc3c(=O)n(CCc4ccccc4)cnc3c2)N2C[C@@H](C)N[C@@H](C)C2)C[C@@H]2C[C@H]1C2(C)C. The van der Waals surface area contributed by atoms with Crippen LogP contribution in [-0.2, 0) is 13.0 Å². The van der Waals surface area contributed by atoms with Crippen LogP contribution >= 0.6 is 0 Å². The molecular formula is C33H44N6O. The van der Waals surface area contributed by atoms with Gasteiger partial charge < -0.3 is 15.5 Å². The minimum absolute atomic E-state index is 0.00370. The molecule has 0 radical (unpaired) electrons. The Morgan fingerprint density at radius 1 is 1.07 bits per heavy atom. The van der Waals surface area contributed by atoms with E-state index in [0.717, 1.165) is 49.4 Å². The zero-order valence-corrected chi connectivity index (χ0v) is 24.6. The number of rotatable bonds is 5. The van der Waals surface area contributed by atoms with Crippen molar-refractivity contribution in [3.63, 3.8) is 0 Å². The molecule has 2 aromatic carbocycles. The van der Waals surface area contributed by atoms with Crippen molar-refractivity contribution in [1.29, 1.82) is 0 Å². The normalized spacial score (nSPS) is 29.7. The third kappa shape index (κ3) is 5.16. The van der Waals surface area contributed by atoms with Gasteiger partial charge in [-0.2, -0.15) is 0 Å². The number of hydrogen-bond donors (Lipinski definition) is 2. The summed E-state index contributed by atoms with van der Waals surface area (Å²) in [4.78, 5) is 25.8. The largest absolute Gasteiger partial charge is 0.340 e. The number of nitrogens with zero attached hydrogens (tertiary/aromatic N) is 4. The zero-order chi connectivity index (χ0) is 28.0. The summed E-state index contributed by atoms with van der Waals surface area (Å²) in [6.07, 6.45) is 5.00. The van der Waals surface area contributed by atoms with Crippen LogP contribution in [0.15, 0.2) is 64.6 Å². The molecule has 0 spiro atoms. The standard InChI is InChI=1S/C33H44N6O/c1-21-18-39(19-22(2)35-21)32(37-29-16-25-15-28(23(29)3)33(25,4)5)36-26-11-12-27-30(17-26)34-20-38(31(27)40)14-13-24-9-7-6-8-10-24/h6-12,17,20-23,25,28-29,35H,13-16,18-19H2,1-5H3,(H,36,37)/t21-,22+,23-,25-,28+,29-/m0/s1. The highest BCUT2D eigenvalue weighted by Gasteiger charge is 2.56. The predicted octanol–water partition coefficient (Wildman–Crippen LogP) is 5.16. The Bertz CT molecular complexity index is 1440. The average Bonchev–Trinajstić information content (AvgIpc) is 2.93. The Labute approximate surface area is 238 Å². The monoisotopic (exact) mass is 540 g/mol. The molecule has 1 aromatic heterocycles. The summed E-state index contributed by atoms with van der Waals surface area (Å²) in [5.74, 6) is 3.03. The highest BCUT2D eigenvalue weighted by atomic mass is 16.1. The first-order valence-corrected chi connectivity index (χ1v) is 15.1. The quantitative estimate of drug-likeness (QED) is 0.345. The Morgan fingerprint density at radius 3 is 2.52 bits per heavy atom. The highest BCUT2D eigenvalue weighted by molar-refractivity contribution is 5.96. The maximum atomic E-state index is 13.3. The molecule has 0 unspecified atom stereocenters. The molecule has 4 aliphatic rings. The van der Waals surface area contributed by atoms with Gasteiger partial charge in [-0.1, -0.05) is 51.1 Å². The summed E-state index contributed by atoms with van der Waals surface area (Å²) < 4.78 is 1.72. The Morgan fingerprint density at radius 2 is 1.82 bits per heavy atom. The molecule has 4 fully saturated rings. The van der Waals surface area contributed by atoms with Crippen molar-refractivity contribution in [3.8, 4) is 0 Å². The second kappa shape index (κ2) is 10.7. The first kappa shape index (κ1) is 27.0. The molecule has 3 aromatic rings. The van der Waals surface area contributed by atoms with Crippen LogP contribution in [0.1, 0.15) is 53.0 Å². The second-order valence-electron chi connectivity index (χ2n) is 13.2. The molecular weight excluding hydrogens is 496 g/mol. The first-order valence-electron chi connectivity index (χ1n) is 15.1. The lowest BCUT2D eigenvalue weighted by Crippen LogP contribution is -2.59. The van der Waals surface area contributed by atoms with E-state index in [4.69, 9.17) is 4.99 Å². The topological polar surface area (TPSA) is 74.5 Å². The molecule has 7 rings (SSSR count). The Hall–Kier alpha value is -3.19. The maximum absolute atomic E-state index is 13.3. The number of nitrogens with one attached hydrogen (secondary N) is 2. The summed E-state index contributed by atoms with van der Waals surface area (Å²) in [5.41, 5.74) is 3.29. The van der Waals surface area contributed by atoms with Crippen molar-refractivity contribution < 1.29 is 0 Å². The van der Waals surface area contributed by atoms with E-state index in [1.54, 1.807) is 10.9 Å². The van der Waals surface area contributed by atoms with E-state index in [9.17, 15) is 4.79 Å². The molecule has 2 bridgehead atoms. The molecule has 3 saturated carbocycles. The van der Waals surface area contributed by atoms with Gasteiger partial charge in [-0.3, -0.25) is 9.36 Å². The zero-order valence-electron chi connectivity index (χ0n) is 24.6. The van der Waals surface area contributed by atoms with Gasteiger partial charge in [-0.05, 0) is 80.0 Å². The lowest BCUT2D eigenvalue weighted by Gasteiger charge is -2.61. The smallest absolute Gasteiger partial charge is 0.261 e. The molecule has 0 amide bonds. The summed E-state index contributed by atoms with van der Waals surface area (Å²) in [6.45, 7) is 14.2. The number of aromatic nitrogens is 2. The number of hydrogen-bond acceptors (Lipinski definition) is 4. The van der Waals surface area contributed by atoms with Crippen molar-refractivity contribution in [3.05, 3.63) is 70.8 Å². The first-order chi connectivity index (χ1) is 19.2. The van der Waals surface area contributed by atoms with Crippen LogP contribution in [-0.4, -0.2) is 51.6 Å². The number of benzene rings is 2. The minimum atomic E-state index is 0.00370. The number of aliphatic imine (C=N–C) groups is 1. The van der Waals surface area contributed by atoms with Crippen LogP contribution in [0.5, 0.6) is 0 Å². The number of piperazine rings is 1. The van der Waals surface area contributed by atoms with E-state index < -0.39 is 0 Å². The number of fused-ring (bicyclic) bond motifs is 3. The molecule has 3 aliphatic carbocycles. The van der Waals surface area contributed by atoms with Crippen LogP contribution in [0.4, 0.5) is 5.69 Å². The highest BCUT2D eigenvalue weighted by Crippen LogP contribution is 2.61. The van der Waals surface area contributed by atoms with Gasteiger partial charge in [0.25, 0.3) is 5.56 Å². The van der Waals surface area contributed by atoms with E-state index in [-0.39, 0.29) is 5.56 Å². The van der Waals surface area contributed by atoms with E-state index in [1.165, 1.54) is 12.0 Å². The van der Waals surface area contributed by atoms with Crippen LogP contribution in [0.25, 0.3) is 10.9 Å². The van der Waals surface area contributed by atoms with E-state index in [2.05, 4.69) is 67.3 Å².